The van der Waals surface area contributed by atoms with Crippen LogP contribution < -0.4 is 0 Å². The summed E-state index contributed by atoms with van der Waals surface area (Å²) in [6.45, 7) is 1.41. The molecule has 1 aliphatic rings. The molecule has 2 aromatic heterocycles. The molecule has 6 heteroatoms. The maximum absolute atomic E-state index is 11.9. The average molecular weight is 297 g/mol. The summed E-state index contributed by atoms with van der Waals surface area (Å²) in [7, 11) is 0. The topological polar surface area (TPSA) is 91.1 Å². The number of rotatable bonds is 3. The van der Waals surface area contributed by atoms with E-state index in [9.17, 15) is 15.0 Å². The molecular formula is C16H15N3O3. The summed E-state index contributed by atoms with van der Waals surface area (Å²) < 4.78 is 1.57. The average Bonchev–Trinajstić information content (AvgIpc) is 3.16. The second-order valence-electron chi connectivity index (χ2n) is 5.70. The number of nitrogens with zero attached hydrogens (tertiary/aromatic N) is 2. The molecule has 1 saturated carbocycles. The Morgan fingerprint density at radius 3 is 2.82 bits per heavy atom. The number of carbonyl (C=O) groups excluding carboxylic acids is 1. The molecular weight excluding hydrogens is 282 g/mol. The van der Waals surface area contributed by atoms with Crippen LogP contribution in [0.25, 0.3) is 16.7 Å². The van der Waals surface area contributed by atoms with Gasteiger partial charge in [0.25, 0.3) is 0 Å². The van der Waals surface area contributed by atoms with Crippen molar-refractivity contribution in [1.82, 2.24) is 14.5 Å². The second kappa shape index (κ2) is 4.37. The van der Waals surface area contributed by atoms with Gasteiger partial charge in [0.15, 0.2) is 11.5 Å². The number of carbonyl (C=O) groups is 1. The van der Waals surface area contributed by atoms with Gasteiger partial charge in [0, 0.05) is 11.6 Å². The molecule has 0 aliphatic heterocycles. The Kier molecular flexibility index (Phi) is 2.57. The van der Waals surface area contributed by atoms with Crippen LogP contribution in [0.5, 0.6) is 11.6 Å². The molecule has 0 spiro atoms. The predicted molar refractivity (Wildman–Crippen MR) is 80.7 cm³/mol. The van der Waals surface area contributed by atoms with Gasteiger partial charge in [0.2, 0.25) is 5.88 Å². The first-order valence-corrected chi connectivity index (χ1v) is 7.19. The number of fused-ring (bicyclic) bond motifs is 1. The fourth-order valence-corrected chi connectivity index (χ4v) is 2.98. The summed E-state index contributed by atoms with van der Waals surface area (Å²) in [4.78, 5) is 19.1. The zero-order chi connectivity index (χ0) is 15.4. The Morgan fingerprint density at radius 1 is 1.36 bits per heavy atom. The van der Waals surface area contributed by atoms with Gasteiger partial charge in [-0.25, -0.2) is 4.98 Å². The van der Waals surface area contributed by atoms with Crippen molar-refractivity contribution in [2.75, 3.05) is 0 Å². The van der Waals surface area contributed by atoms with Gasteiger partial charge in [0.05, 0.1) is 28.6 Å². The highest BCUT2D eigenvalue weighted by atomic mass is 16.3. The minimum Gasteiger partial charge on any atom is -0.503 e. The second-order valence-corrected chi connectivity index (χ2v) is 5.70. The molecule has 0 bridgehead atoms. The van der Waals surface area contributed by atoms with Crippen molar-refractivity contribution in [3.8, 4) is 17.3 Å². The Morgan fingerprint density at radius 2 is 2.14 bits per heavy atom. The number of hydrogen-bond acceptors (Lipinski definition) is 4. The minimum atomic E-state index is -0.334. The van der Waals surface area contributed by atoms with Gasteiger partial charge in [-0.1, -0.05) is 0 Å². The maximum Gasteiger partial charge on any atom is 0.240 e. The van der Waals surface area contributed by atoms with Crippen molar-refractivity contribution >= 4 is 16.8 Å². The van der Waals surface area contributed by atoms with Crippen molar-refractivity contribution in [1.29, 1.82) is 0 Å². The Hall–Kier alpha value is -2.76. The molecule has 0 unspecified atom stereocenters. The number of aromatic hydroxyl groups is 2. The zero-order valence-corrected chi connectivity index (χ0v) is 12.0. The molecule has 3 N–H and O–H groups in total. The van der Waals surface area contributed by atoms with Crippen molar-refractivity contribution in [2.45, 2.75) is 25.7 Å². The fourth-order valence-electron chi connectivity index (χ4n) is 2.98. The van der Waals surface area contributed by atoms with Crippen molar-refractivity contribution in [3.63, 3.8) is 0 Å². The molecule has 22 heavy (non-hydrogen) atoms. The van der Waals surface area contributed by atoms with Gasteiger partial charge in [-0.15, -0.1) is 0 Å². The number of Topliss-reactive ketones (excluding diaryl/α,β-unsaturated/α-hetero) is 1. The van der Waals surface area contributed by atoms with E-state index >= 15 is 0 Å². The molecule has 0 radical (unpaired) electrons. The number of benzene rings is 1. The standard InChI is InChI=1S/C16H15N3O3/c1-8(20)13-14(9-2-3-9)19(16(22)15(13)21)10-4-5-11-12(6-10)18-7-17-11/h4-7,9,21-22H,2-3H2,1H3,(H,17,18). The van der Waals surface area contributed by atoms with Crippen LogP contribution in [-0.4, -0.2) is 30.5 Å². The van der Waals surface area contributed by atoms with Gasteiger partial charge in [-0.2, -0.15) is 0 Å². The fraction of sp³-hybridized carbons (Fsp3) is 0.250. The van der Waals surface area contributed by atoms with E-state index in [0.29, 0.717) is 11.4 Å². The van der Waals surface area contributed by atoms with Gasteiger partial charge < -0.3 is 15.2 Å². The third-order valence-corrected chi connectivity index (χ3v) is 4.14. The lowest BCUT2D eigenvalue weighted by Crippen LogP contribution is -2.03. The molecule has 4 rings (SSSR count). The van der Waals surface area contributed by atoms with Crippen LogP contribution in [0.2, 0.25) is 0 Å². The third kappa shape index (κ3) is 1.73. The van der Waals surface area contributed by atoms with E-state index in [-0.39, 0.29) is 28.9 Å². The smallest absolute Gasteiger partial charge is 0.240 e. The quantitative estimate of drug-likeness (QED) is 0.648. The van der Waals surface area contributed by atoms with Gasteiger partial charge in [-0.05, 0) is 38.0 Å². The third-order valence-electron chi connectivity index (χ3n) is 4.14. The summed E-state index contributed by atoms with van der Waals surface area (Å²) in [6.07, 6.45) is 3.51. The number of aromatic amines is 1. The molecule has 6 nitrogen and oxygen atoms in total. The number of nitrogens with one attached hydrogen (secondary N) is 1. The van der Waals surface area contributed by atoms with E-state index in [1.807, 2.05) is 18.2 Å². The molecule has 1 aromatic carbocycles. The number of imidazole rings is 1. The number of hydrogen-bond donors (Lipinski definition) is 3. The summed E-state index contributed by atoms with van der Waals surface area (Å²) in [5.41, 5.74) is 3.26. The van der Waals surface area contributed by atoms with E-state index in [4.69, 9.17) is 0 Å². The minimum absolute atomic E-state index is 0.197. The van der Waals surface area contributed by atoms with Crippen LogP contribution in [0.1, 0.15) is 41.7 Å². The SMILES string of the molecule is CC(=O)c1c(O)c(O)n(-c2ccc3nc[nH]c3c2)c1C1CC1. The van der Waals surface area contributed by atoms with Crippen LogP contribution in [0.15, 0.2) is 24.5 Å². The molecule has 1 fully saturated rings. The summed E-state index contributed by atoms with van der Waals surface area (Å²) in [5, 5.41) is 20.5. The molecule has 3 aromatic rings. The monoisotopic (exact) mass is 297 g/mol. The van der Waals surface area contributed by atoms with Crippen molar-refractivity contribution in [2.24, 2.45) is 0 Å². The van der Waals surface area contributed by atoms with Gasteiger partial charge in [-0.3, -0.25) is 9.36 Å². The lowest BCUT2D eigenvalue weighted by molar-refractivity contribution is 0.101. The predicted octanol–water partition coefficient (Wildman–Crippen LogP) is 2.84. The van der Waals surface area contributed by atoms with E-state index in [0.717, 1.165) is 23.9 Å². The van der Waals surface area contributed by atoms with Crippen LogP contribution in [0.3, 0.4) is 0 Å². The summed E-state index contributed by atoms with van der Waals surface area (Å²) >= 11 is 0. The number of aromatic nitrogens is 3. The van der Waals surface area contributed by atoms with Crippen LogP contribution in [0.4, 0.5) is 0 Å². The van der Waals surface area contributed by atoms with Crippen LogP contribution in [0, 0.1) is 0 Å². The van der Waals surface area contributed by atoms with E-state index in [1.54, 1.807) is 10.9 Å². The van der Waals surface area contributed by atoms with Crippen molar-refractivity contribution < 1.29 is 15.0 Å². The molecule has 0 saturated heterocycles. The molecule has 0 amide bonds. The highest BCUT2D eigenvalue weighted by Crippen LogP contribution is 2.49. The summed E-state index contributed by atoms with van der Waals surface area (Å²) in [6, 6.07) is 5.50. The van der Waals surface area contributed by atoms with Gasteiger partial charge >= 0.3 is 0 Å². The maximum atomic E-state index is 11.9. The van der Waals surface area contributed by atoms with E-state index < -0.39 is 0 Å². The largest absolute Gasteiger partial charge is 0.503 e. The van der Waals surface area contributed by atoms with Crippen LogP contribution >= 0.6 is 0 Å². The summed E-state index contributed by atoms with van der Waals surface area (Å²) in [5.74, 6) is -0.663. The lowest BCUT2D eigenvalue weighted by atomic mass is 10.1. The lowest BCUT2D eigenvalue weighted by Gasteiger charge is -2.10. The van der Waals surface area contributed by atoms with Gasteiger partial charge in [0.1, 0.15) is 0 Å². The normalized spacial score (nSPS) is 14.6. The molecule has 112 valence electrons. The van der Waals surface area contributed by atoms with E-state index in [2.05, 4.69) is 9.97 Å². The Labute approximate surface area is 126 Å². The first-order chi connectivity index (χ1) is 10.6. The number of H-pyrrole nitrogens is 1. The zero-order valence-electron chi connectivity index (χ0n) is 12.0. The molecule has 2 heterocycles. The first-order valence-electron chi connectivity index (χ1n) is 7.19. The molecule has 0 atom stereocenters. The highest BCUT2D eigenvalue weighted by Gasteiger charge is 2.36. The Balaban J connectivity index is 2.01. The highest BCUT2D eigenvalue weighted by molar-refractivity contribution is 5.99. The Bertz CT molecular complexity index is 903. The molecule has 1 aliphatic carbocycles. The van der Waals surface area contributed by atoms with E-state index in [1.165, 1.54) is 6.92 Å². The first kappa shape index (κ1) is 12.9. The number of ketones is 1. The van der Waals surface area contributed by atoms with Crippen molar-refractivity contribution in [3.05, 3.63) is 35.8 Å². The van der Waals surface area contributed by atoms with Crippen LogP contribution in [-0.2, 0) is 0 Å².